The summed E-state index contributed by atoms with van der Waals surface area (Å²) in [6, 6.07) is 10.4. The molecule has 7 heteroatoms. The first-order valence-electron chi connectivity index (χ1n) is 5.12. The molecule has 0 saturated heterocycles. The fourth-order valence-corrected chi connectivity index (χ4v) is 3.17. The summed E-state index contributed by atoms with van der Waals surface area (Å²) >= 11 is 5.17. The summed E-state index contributed by atoms with van der Waals surface area (Å²) in [5.74, 6) is -0.604. The van der Waals surface area contributed by atoms with E-state index in [0.717, 1.165) is 4.47 Å². The van der Waals surface area contributed by atoms with Gasteiger partial charge in [0.2, 0.25) is 0 Å². The Morgan fingerprint density at radius 3 is 2.32 bits per heavy atom. The van der Waals surface area contributed by atoms with E-state index in [-0.39, 0.29) is 10.6 Å². The first-order chi connectivity index (χ1) is 8.88. The fraction of sp³-hybridized carbons (Fsp3) is 0. The summed E-state index contributed by atoms with van der Waals surface area (Å²) in [7, 11) is -3.78. The van der Waals surface area contributed by atoms with Gasteiger partial charge in [0.1, 0.15) is 5.82 Å². The van der Waals surface area contributed by atoms with Crippen LogP contribution in [0.1, 0.15) is 0 Å². The van der Waals surface area contributed by atoms with Crippen LogP contribution in [0.5, 0.6) is 0 Å². The van der Waals surface area contributed by atoms with E-state index in [1.807, 2.05) is 22.6 Å². The predicted octanol–water partition coefficient (Wildman–Crippen LogP) is 3.99. The highest BCUT2D eigenvalue weighted by molar-refractivity contribution is 14.1. The second kappa shape index (κ2) is 5.76. The zero-order valence-corrected chi connectivity index (χ0v) is 14.0. The molecule has 0 aliphatic heterocycles. The summed E-state index contributed by atoms with van der Waals surface area (Å²) in [5, 5.41) is 0. The van der Waals surface area contributed by atoms with Gasteiger partial charge in [-0.15, -0.1) is 0 Å². The molecule has 2 rings (SSSR count). The third kappa shape index (κ3) is 3.67. The fourth-order valence-electron chi connectivity index (χ4n) is 1.39. The Balaban J connectivity index is 2.33. The largest absolute Gasteiger partial charge is 0.277 e. The van der Waals surface area contributed by atoms with Crippen molar-refractivity contribution in [3.63, 3.8) is 0 Å². The van der Waals surface area contributed by atoms with Crippen LogP contribution in [0.2, 0.25) is 0 Å². The minimum atomic E-state index is -3.78. The summed E-state index contributed by atoms with van der Waals surface area (Å²) in [4.78, 5) is 0.0775. The van der Waals surface area contributed by atoms with Gasteiger partial charge >= 0.3 is 0 Å². The molecule has 0 radical (unpaired) electrons. The minimum absolute atomic E-state index is 0.0664. The van der Waals surface area contributed by atoms with Crippen molar-refractivity contribution in [2.75, 3.05) is 4.72 Å². The number of sulfonamides is 1. The normalized spacial score (nSPS) is 11.3. The molecule has 100 valence electrons. The van der Waals surface area contributed by atoms with Crippen LogP contribution in [0.25, 0.3) is 0 Å². The number of benzene rings is 2. The van der Waals surface area contributed by atoms with Crippen molar-refractivity contribution in [1.82, 2.24) is 0 Å². The minimum Gasteiger partial charge on any atom is -0.277 e. The number of halogens is 3. The molecular formula is C12H8BrFINO2S. The molecule has 0 amide bonds. The van der Waals surface area contributed by atoms with Crippen molar-refractivity contribution in [3.05, 3.63) is 56.3 Å². The second-order valence-electron chi connectivity index (χ2n) is 3.68. The number of rotatable bonds is 3. The number of hydrogen-bond donors (Lipinski definition) is 1. The molecule has 0 saturated carbocycles. The van der Waals surface area contributed by atoms with Crippen LogP contribution < -0.4 is 4.72 Å². The predicted molar refractivity (Wildman–Crippen MR) is 84.1 cm³/mol. The Morgan fingerprint density at radius 2 is 1.74 bits per heavy atom. The topological polar surface area (TPSA) is 46.2 Å². The van der Waals surface area contributed by atoms with Gasteiger partial charge in [0.05, 0.1) is 10.6 Å². The highest BCUT2D eigenvalue weighted by Crippen LogP contribution is 2.22. The van der Waals surface area contributed by atoms with Gasteiger partial charge in [-0.2, -0.15) is 0 Å². The van der Waals surface area contributed by atoms with E-state index in [0.29, 0.717) is 3.57 Å². The highest BCUT2D eigenvalue weighted by Gasteiger charge is 2.16. The molecule has 0 heterocycles. The van der Waals surface area contributed by atoms with E-state index in [4.69, 9.17) is 0 Å². The van der Waals surface area contributed by atoms with Crippen LogP contribution in [0, 0.1) is 9.39 Å². The van der Waals surface area contributed by atoms with Gasteiger partial charge in [0, 0.05) is 8.04 Å². The van der Waals surface area contributed by atoms with Gasteiger partial charge < -0.3 is 0 Å². The summed E-state index contributed by atoms with van der Waals surface area (Å²) in [6.45, 7) is 0. The molecule has 0 aromatic heterocycles. The van der Waals surface area contributed by atoms with Crippen LogP contribution in [-0.4, -0.2) is 8.42 Å². The zero-order chi connectivity index (χ0) is 14.0. The van der Waals surface area contributed by atoms with E-state index in [9.17, 15) is 12.8 Å². The van der Waals surface area contributed by atoms with E-state index in [2.05, 4.69) is 20.7 Å². The number of hydrogen-bond acceptors (Lipinski definition) is 2. The van der Waals surface area contributed by atoms with E-state index < -0.39 is 15.8 Å². The van der Waals surface area contributed by atoms with Crippen LogP contribution in [0.4, 0.5) is 10.1 Å². The second-order valence-corrected chi connectivity index (χ2v) is 7.53. The Labute approximate surface area is 132 Å². The van der Waals surface area contributed by atoms with E-state index in [1.54, 1.807) is 18.2 Å². The molecule has 1 N–H and O–H groups in total. The van der Waals surface area contributed by atoms with Gasteiger partial charge in [-0.25, -0.2) is 12.8 Å². The molecule has 3 nitrogen and oxygen atoms in total. The Kier molecular flexibility index (Phi) is 4.46. The lowest BCUT2D eigenvalue weighted by atomic mass is 10.3. The van der Waals surface area contributed by atoms with Crippen molar-refractivity contribution >= 4 is 54.2 Å². The van der Waals surface area contributed by atoms with Gasteiger partial charge in [-0.05, 0) is 65.1 Å². The molecule has 0 fully saturated rings. The van der Waals surface area contributed by atoms with Gasteiger partial charge in [0.25, 0.3) is 10.0 Å². The van der Waals surface area contributed by atoms with E-state index in [1.165, 1.54) is 24.3 Å². The van der Waals surface area contributed by atoms with Crippen molar-refractivity contribution < 1.29 is 12.8 Å². The highest BCUT2D eigenvalue weighted by atomic mass is 127. The van der Waals surface area contributed by atoms with Crippen molar-refractivity contribution in [1.29, 1.82) is 0 Å². The van der Waals surface area contributed by atoms with Crippen molar-refractivity contribution in [3.8, 4) is 0 Å². The molecule has 0 spiro atoms. The van der Waals surface area contributed by atoms with Crippen LogP contribution in [-0.2, 0) is 10.0 Å². The maximum atomic E-state index is 13.6. The molecule has 2 aromatic rings. The SMILES string of the molecule is O=S(=O)(Nc1ccc(I)cc1F)c1ccc(Br)cc1. The average molecular weight is 456 g/mol. The summed E-state index contributed by atoms with van der Waals surface area (Å²) < 4.78 is 41.4. The number of anilines is 1. The third-order valence-electron chi connectivity index (χ3n) is 2.30. The lowest BCUT2D eigenvalue weighted by molar-refractivity contribution is 0.598. The standard InChI is InChI=1S/C12H8BrFINO2S/c13-8-1-4-10(5-2-8)19(17,18)16-12-6-3-9(15)7-11(12)14/h1-7,16H. The Morgan fingerprint density at radius 1 is 1.11 bits per heavy atom. The first kappa shape index (κ1) is 14.7. The van der Waals surface area contributed by atoms with Gasteiger partial charge in [0.15, 0.2) is 0 Å². The smallest absolute Gasteiger partial charge is 0.261 e. The zero-order valence-electron chi connectivity index (χ0n) is 9.40. The van der Waals surface area contributed by atoms with E-state index >= 15 is 0 Å². The summed E-state index contributed by atoms with van der Waals surface area (Å²) in [5.41, 5.74) is -0.0664. The van der Waals surface area contributed by atoms with Gasteiger partial charge in [-0.3, -0.25) is 4.72 Å². The lowest BCUT2D eigenvalue weighted by Gasteiger charge is -2.09. The average Bonchev–Trinajstić information content (AvgIpc) is 2.33. The third-order valence-corrected chi connectivity index (χ3v) is 4.88. The molecule has 0 atom stereocenters. The molecule has 0 unspecified atom stereocenters. The maximum Gasteiger partial charge on any atom is 0.261 e. The monoisotopic (exact) mass is 455 g/mol. The van der Waals surface area contributed by atoms with Crippen molar-refractivity contribution in [2.45, 2.75) is 4.90 Å². The molecule has 0 bridgehead atoms. The molecule has 2 aromatic carbocycles. The molecule has 0 aliphatic rings. The maximum absolute atomic E-state index is 13.6. The summed E-state index contributed by atoms with van der Waals surface area (Å²) in [6.07, 6.45) is 0. The van der Waals surface area contributed by atoms with Crippen molar-refractivity contribution in [2.24, 2.45) is 0 Å². The lowest BCUT2D eigenvalue weighted by Crippen LogP contribution is -2.13. The Hall–Kier alpha value is -0.670. The van der Waals surface area contributed by atoms with Crippen LogP contribution in [0.15, 0.2) is 51.8 Å². The van der Waals surface area contributed by atoms with Gasteiger partial charge in [-0.1, -0.05) is 15.9 Å². The van der Waals surface area contributed by atoms with Crippen LogP contribution in [0.3, 0.4) is 0 Å². The van der Waals surface area contributed by atoms with Crippen LogP contribution >= 0.6 is 38.5 Å². The first-order valence-corrected chi connectivity index (χ1v) is 8.47. The molecule has 0 aliphatic carbocycles. The molecule has 19 heavy (non-hydrogen) atoms. The number of nitrogens with one attached hydrogen (secondary N) is 1. The quantitative estimate of drug-likeness (QED) is 0.711. The molecular weight excluding hydrogens is 448 g/mol. The Bertz CT molecular complexity index is 704.